The molecular weight excluding hydrogens is 389 g/mol. The minimum absolute atomic E-state index is 0.0659. The van der Waals surface area contributed by atoms with Crippen LogP contribution in [0, 0.1) is 5.92 Å². The third kappa shape index (κ3) is 4.09. The largest absolute Gasteiger partial charge is 0.492 e. The fourth-order valence-corrected chi connectivity index (χ4v) is 3.73. The van der Waals surface area contributed by atoms with Crippen LogP contribution in [-0.4, -0.2) is 25.7 Å². The van der Waals surface area contributed by atoms with Crippen LogP contribution in [0.15, 0.2) is 30.3 Å². The fraction of sp³-hybridized carbons (Fsp3) is 0.350. The summed E-state index contributed by atoms with van der Waals surface area (Å²) in [7, 11) is 0. The van der Waals surface area contributed by atoms with E-state index in [0.717, 1.165) is 23.3 Å². The van der Waals surface area contributed by atoms with Crippen LogP contribution in [-0.2, 0) is 17.8 Å². The van der Waals surface area contributed by atoms with E-state index >= 15 is 0 Å². The van der Waals surface area contributed by atoms with Gasteiger partial charge in [-0.3, -0.25) is 4.79 Å². The maximum atomic E-state index is 12.6. The van der Waals surface area contributed by atoms with Crippen molar-refractivity contribution in [3.63, 3.8) is 0 Å². The number of amides is 1. The highest BCUT2D eigenvalue weighted by atomic mass is 35.5. The molecule has 2 aliphatic heterocycles. The number of nitrogens with one attached hydrogen (secondary N) is 1. The maximum absolute atomic E-state index is 12.6. The molecule has 1 N–H and O–H groups in total. The molecule has 142 valence electrons. The Hall–Kier alpha value is -2.11. The summed E-state index contributed by atoms with van der Waals surface area (Å²) in [5.74, 6) is 1.65. The predicted octanol–water partition coefficient (Wildman–Crippen LogP) is 4.02. The molecule has 2 heterocycles. The SMILES string of the molecule is O=C(NCc1cc(Cl)c2c(c1)OCCCO2)[C@@H]1COc2ccc(Cl)cc2C1. The van der Waals surface area contributed by atoms with Crippen molar-refractivity contribution in [1.29, 1.82) is 0 Å². The van der Waals surface area contributed by atoms with Crippen LogP contribution in [0.2, 0.25) is 10.0 Å². The summed E-state index contributed by atoms with van der Waals surface area (Å²) in [6.07, 6.45) is 1.41. The van der Waals surface area contributed by atoms with E-state index in [4.69, 9.17) is 37.4 Å². The minimum Gasteiger partial charge on any atom is -0.492 e. The molecule has 0 saturated heterocycles. The van der Waals surface area contributed by atoms with E-state index in [9.17, 15) is 4.79 Å². The van der Waals surface area contributed by atoms with Crippen molar-refractivity contribution >= 4 is 29.1 Å². The van der Waals surface area contributed by atoms with Gasteiger partial charge in [0.05, 0.1) is 24.2 Å². The number of halogens is 2. The lowest BCUT2D eigenvalue weighted by atomic mass is 9.96. The van der Waals surface area contributed by atoms with E-state index in [1.54, 1.807) is 12.1 Å². The molecule has 0 saturated carbocycles. The van der Waals surface area contributed by atoms with Gasteiger partial charge in [-0.15, -0.1) is 0 Å². The minimum atomic E-state index is -0.258. The number of fused-ring (bicyclic) bond motifs is 2. The lowest BCUT2D eigenvalue weighted by Gasteiger charge is -2.24. The van der Waals surface area contributed by atoms with Gasteiger partial charge in [-0.1, -0.05) is 23.2 Å². The Morgan fingerprint density at radius 1 is 1.07 bits per heavy atom. The van der Waals surface area contributed by atoms with Gasteiger partial charge in [0.2, 0.25) is 5.91 Å². The van der Waals surface area contributed by atoms with Crippen molar-refractivity contribution in [1.82, 2.24) is 5.32 Å². The van der Waals surface area contributed by atoms with Crippen LogP contribution in [0.1, 0.15) is 17.5 Å². The van der Waals surface area contributed by atoms with Gasteiger partial charge in [-0.2, -0.15) is 0 Å². The number of carbonyl (C=O) groups excluding carboxylic acids is 1. The van der Waals surface area contributed by atoms with Crippen LogP contribution >= 0.6 is 23.2 Å². The first-order chi connectivity index (χ1) is 13.1. The third-order valence-corrected chi connectivity index (χ3v) is 5.14. The number of ether oxygens (including phenoxy) is 3. The standard InChI is InChI=1S/C20H19Cl2NO4/c21-15-2-3-17-13(9-15)8-14(11-27-17)20(24)23-10-12-6-16(22)19-18(7-12)25-4-1-5-26-19/h2-3,6-7,9,14H,1,4-5,8,10-11H2,(H,23,24)/t14-/m0/s1. The van der Waals surface area contributed by atoms with E-state index < -0.39 is 0 Å². The Morgan fingerprint density at radius 2 is 1.93 bits per heavy atom. The van der Waals surface area contributed by atoms with Crippen molar-refractivity contribution in [2.45, 2.75) is 19.4 Å². The Kier molecular flexibility index (Phi) is 5.32. The van der Waals surface area contributed by atoms with Crippen molar-refractivity contribution in [3.05, 3.63) is 51.5 Å². The molecule has 7 heteroatoms. The molecule has 1 amide bonds. The van der Waals surface area contributed by atoms with Crippen LogP contribution in [0.4, 0.5) is 0 Å². The first-order valence-corrected chi connectivity index (χ1v) is 9.62. The second kappa shape index (κ2) is 7.87. The zero-order valence-corrected chi connectivity index (χ0v) is 16.1. The highest BCUT2D eigenvalue weighted by molar-refractivity contribution is 6.32. The van der Waals surface area contributed by atoms with Crippen molar-refractivity contribution in [3.8, 4) is 17.2 Å². The van der Waals surface area contributed by atoms with Crippen molar-refractivity contribution in [2.75, 3.05) is 19.8 Å². The average molecular weight is 408 g/mol. The molecule has 0 aliphatic carbocycles. The molecule has 27 heavy (non-hydrogen) atoms. The molecule has 0 unspecified atom stereocenters. The second-order valence-corrected chi connectivity index (χ2v) is 7.48. The molecule has 2 aromatic rings. The van der Waals surface area contributed by atoms with Crippen molar-refractivity contribution < 1.29 is 19.0 Å². The Labute approximate surface area is 167 Å². The molecule has 2 aromatic carbocycles. The monoisotopic (exact) mass is 407 g/mol. The van der Waals surface area contributed by atoms with Gasteiger partial charge in [-0.25, -0.2) is 0 Å². The van der Waals surface area contributed by atoms with E-state index in [1.807, 2.05) is 18.2 Å². The Bertz CT molecular complexity index is 871. The first-order valence-electron chi connectivity index (χ1n) is 8.87. The van der Waals surface area contributed by atoms with Crippen molar-refractivity contribution in [2.24, 2.45) is 5.92 Å². The van der Waals surface area contributed by atoms with Crippen LogP contribution < -0.4 is 19.5 Å². The topological polar surface area (TPSA) is 56.8 Å². The van der Waals surface area contributed by atoms with E-state index in [-0.39, 0.29) is 11.8 Å². The lowest BCUT2D eigenvalue weighted by Crippen LogP contribution is -2.37. The summed E-state index contributed by atoms with van der Waals surface area (Å²) in [6, 6.07) is 9.13. The Morgan fingerprint density at radius 3 is 2.81 bits per heavy atom. The quantitative estimate of drug-likeness (QED) is 0.834. The molecule has 1 atom stereocenters. The maximum Gasteiger partial charge on any atom is 0.227 e. The molecular formula is C20H19Cl2NO4. The third-order valence-electron chi connectivity index (χ3n) is 4.63. The molecule has 0 fully saturated rings. The molecule has 5 nitrogen and oxygen atoms in total. The second-order valence-electron chi connectivity index (χ2n) is 6.64. The van der Waals surface area contributed by atoms with Gasteiger partial charge < -0.3 is 19.5 Å². The number of benzene rings is 2. The zero-order chi connectivity index (χ0) is 18.8. The average Bonchev–Trinajstić information content (AvgIpc) is 2.91. The Balaban J connectivity index is 1.41. The van der Waals surface area contributed by atoms with Gasteiger partial charge in [0.1, 0.15) is 12.4 Å². The van der Waals surface area contributed by atoms with E-state index in [2.05, 4.69) is 5.32 Å². The van der Waals surface area contributed by atoms with Crippen LogP contribution in [0.3, 0.4) is 0 Å². The summed E-state index contributed by atoms with van der Waals surface area (Å²) in [5.41, 5.74) is 1.81. The summed E-state index contributed by atoms with van der Waals surface area (Å²) < 4.78 is 17.0. The zero-order valence-electron chi connectivity index (χ0n) is 14.6. The van der Waals surface area contributed by atoms with Gasteiger partial charge in [-0.05, 0) is 47.9 Å². The molecule has 0 spiro atoms. The molecule has 0 bridgehead atoms. The summed E-state index contributed by atoms with van der Waals surface area (Å²) >= 11 is 12.3. The van der Waals surface area contributed by atoms with Gasteiger partial charge in [0.15, 0.2) is 11.5 Å². The van der Waals surface area contributed by atoms with Gasteiger partial charge >= 0.3 is 0 Å². The number of hydrogen-bond donors (Lipinski definition) is 1. The molecule has 0 radical (unpaired) electrons. The lowest BCUT2D eigenvalue weighted by molar-refractivity contribution is -0.126. The number of hydrogen-bond acceptors (Lipinski definition) is 4. The fourth-order valence-electron chi connectivity index (χ4n) is 3.25. The molecule has 4 rings (SSSR count). The van der Waals surface area contributed by atoms with Gasteiger partial charge in [0.25, 0.3) is 0 Å². The first kappa shape index (κ1) is 18.3. The normalized spacial score (nSPS) is 18.1. The van der Waals surface area contributed by atoms with Crippen LogP contribution in [0.25, 0.3) is 0 Å². The summed E-state index contributed by atoms with van der Waals surface area (Å²) in [4.78, 5) is 12.6. The summed E-state index contributed by atoms with van der Waals surface area (Å²) in [5, 5.41) is 4.09. The number of rotatable bonds is 3. The van der Waals surface area contributed by atoms with E-state index in [1.165, 1.54) is 0 Å². The highest BCUT2D eigenvalue weighted by Crippen LogP contribution is 2.38. The molecule has 2 aliphatic rings. The van der Waals surface area contributed by atoms with E-state index in [0.29, 0.717) is 54.3 Å². The van der Waals surface area contributed by atoms with Gasteiger partial charge in [0, 0.05) is 18.0 Å². The predicted molar refractivity (Wildman–Crippen MR) is 103 cm³/mol. The van der Waals surface area contributed by atoms with Crippen LogP contribution in [0.5, 0.6) is 17.2 Å². The number of carbonyl (C=O) groups is 1. The smallest absolute Gasteiger partial charge is 0.227 e. The summed E-state index contributed by atoms with van der Waals surface area (Å²) in [6.45, 7) is 1.87. The highest BCUT2D eigenvalue weighted by Gasteiger charge is 2.26. The molecule has 0 aromatic heterocycles.